The zero-order valence-electron chi connectivity index (χ0n) is 19.2. The van der Waals surface area contributed by atoms with E-state index in [1.165, 1.54) is 23.6 Å². The van der Waals surface area contributed by atoms with Crippen LogP contribution in [0.4, 0.5) is 13.2 Å². The number of nitrogens with zero attached hydrogens (tertiary/aromatic N) is 3. The van der Waals surface area contributed by atoms with Crippen LogP contribution in [0.5, 0.6) is 0 Å². The summed E-state index contributed by atoms with van der Waals surface area (Å²) in [5, 5.41) is 19.0. The molecule has 4 aromatic rings. The van der Waals surface area contributed by atoms with Gasteiger partial charge in [0.15, 0.2) is 0 Å². The van der Waals surface area contributed by atoms with Crippen molar-refractivity contribution in [1.82, 2.24) is 9.55 Å². The maximum Gasteiger partial charge on any atom is 0.416 e. The van der Waals surface area contributed by atoms with Crippen LogP contribution in [0, 0.1) is 18.3 Å². The summed E-state index contributed by atoms with van der Waals surface area (Å²) in [6.07, 6.45) is -1.31. The number of aromatic nitrogens is 2. The van der Waals surface area contributed by atoms with E-state index in [2.05, 4.69) is 4.98 Å². The summed E-state index contributed by atoms with van der Waals surface area (Å²) < 4.78 is 40.9. The number of nitriles is 1. The number of alkyl halides is 3. The molecule has 0 radical (unpaired) electrons. The summed E-state index contributed by atoms with van der Waals surface area (Å²) in [6.45, 7) is 1.52. The number of hydrogen-bond donors (Lipinski definition) is 1. The predicted octanol–water partition coefficient (Wildman–Crippen LogP) is 6.33. The predicted molar refractivity (Wildman–Crippen MR) is 133 cm³/mol. The molecule has 0 atom stereocenters. The number of carbonyl (C=O) groups is 1. The average Bonchev–Trinajstić information content (AvgIpc) is 2.85. The van der Waals surface area contributed by atoms with Crippen LogP contribution in [0.25, 0.3) is 28.1 Å². The molecular formula is C27H17ClF3N3O3. The van der Waals surface area contributed by atoms with Gasteiger partial charge in [0.25, 0.3) is 5.56 Å². The molecule has 0 aliphatic heterocycles. The third-order valence-corrected chi connectivity index (χ3v) is 5.95. The Bertz CT molecular complexity index is 1690. The molecule has 0 aliphatic rings. The number of carboxylic acids is 1. The molecule has 1 aromatic heterocycles. The second-order valence-electron chi connectivity index (χ2n) is 8.12. The fourth-order valence-electron chi connectivity index (χ4n) is 3.95. The van der Waals surface area contributed by atoms with E-state index in [-0.39, 0.29) is 28.8 Å². The molecule has 0 bridgehead atoms. The molecule has 0 aliphatic carbocycles. The van der Waals surface area contributed by atoms with E-state index in [4.69, 9.17) is 11.6 Å². The van der Waals surface area contributed by atoms with Gasteiger partial charge in [0.05, 0.1) is 27.6 Å². The van der Waals surface area contributed by atoms with Gasteiger partial charge in [0.2, 0.25) is 0 Å². The van der Waals surface area contributed by atoms with Crippen molar-refractivity contribution in [3.05, 3.63) is 104 Å². The fourth-order valence-corrected chi connectivity index (χ4v) is 4.12. The van der Waals surface area contributed by atoms with Gasteiger partial charge in [-0.3, -0.25) is 9.36 Å². The van der Waals surface area contributed by atoms with Gasteiger partial charge in [0, 0.05) is 11.6 Å². The number of benzene rings is 3. The van der Waals surface area contributed by atoms with E-state index in [0.717, 1.165) is 6.07 Å². The van der Waals surface area contributed by atoms with Crippen LogP contribution in [0.2, 0.25) is 5.02 Å². The smallest absolute Gasteiger partial charge is 0.416 e. The number of hydrogen-bond acceptors (Lipinski definition) is 4. The lowest BCUT2D eigenvalue weighted by Crippen LogP contribution is -2.24. The molecule has 6 nitrogen and oxygen atoms in total. The Morgan fingerprint density at radius 1 is 1.19 bits per heavy atom. The first-order chi connectivity index (χ1) is 17.5. The van der Waals surface area contributed by atoms with Gasteiger partial charge >= 0.3 is 12.1 Å². The monoisotopic (exact) mass is 523 g/mol. The zero-order chi connectivity index (χ0) is 26.9. The molecule has 0 saturated carbocycles. The molecule has 37 heavy (non-hydrogen) atoms. The quantitative estimate of drug-likeness (QED) is 0.330. The van der Waals surface area contributed by atoms with Crippen LogP contribution in [0.1, 0.15) is 32.9 Å². The van der Waals surface area contributed by atoms with E-state index < -0.39 is 28.8 Å². The average molecular weight is 524 g/mol. The van der Waals surface area contributed by atoms with Crippen LogP contribution in [-0.2, 0) is 12.7 Å². The second kappa shape index (κ2) is 9.91. The Labute approximate surface area is 213 Å². The third kappa shape index (κ3) is 5.25. The number of allylic oxidation sites excluding steroid dienone is 1. The van der Waals surface area contributed by atoms with Gasteiger partial charge < -0.3 is 5.11 Å². The molecule has 186 valence electrons. The minimum atomic E-state index is -4.69. The zero-order valence-corrected chi connectivity index (χ0v) is 19.9. The molecule has 0 spiro atoms. The van der Waals surface area contributed by atoms with Gasteiger partial charge in [-0.05, 0) is 60.0 Å². The van der Waals surface area contributed by atoms with Crippen molar-refractivity contribution in [3.63, 3.8) is 0 Å². The summed E-state index contributed by atoms with van der Waals surface area (Å²) in [5.41, 5.74) is -0.199. The standard InChI is InChI=1S/C27H17ClF3N3O3/c1-15-33-23-12-20(27(29,30)31)11-19(14-32)24(23)25(35)34(15)9-3-6-16-7-8-21(28)13-22(16)17-4-2-5-18(10-17)26(36)37/h2-8,10-13H,9H2,1H3,(H,36,37)/b6-3+. The van der Waals surface area contributed by atoms with Crippen molar-refractivity contribution < 1.29 is 23.1 Å². The molecular weight excluding hydrogens is 507 g/mol. The fraction of sp³-hybridized carbons (Fsp3) is 0.111. The highest BCUT2D eigenvalue weighted by Crippen LogP contribution is 2.32. The molecule has 0 amide bonds. The lowest BCUT2D eigenvalue weighted by molar-refractivity contribution is -0.137. The summed E-state index contributed by atoms with van der Waals surface area (Å²) in [7, 11) is 0. The van der Waals surface area contributed by atoms with Crippen LogP contribution in [0.3, 0.4) is 0 Å². The number of rotatable bonds is 5. The van der Waals surface area contributed by atoms with Crippen molar-refractivity contribution >= 4 is 34.5 Å². The minimum Gasteiger partial charge on any atom is -0.478 e. The van der Waals surface area contributed by atoms with Crippen molar-refractivity contribution in [2.45, 2.75) is 19.6 Å². The van der Waals surface area contributed by atoms with E-state index in [9.17, 15) is 33.1 Å². The Morgan fingerprint density at radius 3 is 2.62 bits per heavy atom. The Hall–Kier alpha value is -4.42. The Kier molecular flexibility index (Phi) is 6.88. The highest BCUT2D eigenvalue weighted by Gasteiger charge is 2.32. The maximum absolute atomic E-state index is 13.2. The molecule has 1 heterocycles. The van der Waals surface area contributed by atoms with Crippen molar-refractivity contribution in [3.8, 4) is 17.2 Å². The van der Waals surface area contributed by atoms with Crippen LogP contribution in [-0.4, -0.2) is 20.6 Å². The van der Waals surface area contributed by atoms with E-state index >= 15 is 0 Å². The summed E-state index contributed by atoms with van der Waals surface area (Å²) >= 11 is 6.17. The van der Waals surface area contributed by atoms with Crippen LogP contribution in [0.15, 0.2) is 65.5 Å². The van der Waals surface area contributed by atoms with Crippen LogP contribution >= 0.6 is 11.6 Å². The Balaban J connectivity index is 1.75. The van der Waals surface area contributed by atoms with Crippen molar-refractivity contribution in [1.29, 1.82) is 5.26 Å². The van der Waals surface area contributed by atoms with Gasteiger partial charge in [-0.2, -0.15) is 18.4 Å². The van der Waals surface area contributed by atoms with E-state index in [1.54, 1.807) is 48.6 Å². The number of aryl methyl sites for hydroxylation is 1. The normalized spacial score (nSPS) is 11.7. The third-order valence-electron chi connectivity index (χ3n) is 5.72. The molecule has 4 rings (SSSR count). The number of halogens is 4. The largest absolute Gasteiger partial charge is 0.478 e. The maximum atomic E-state index is 13.2. The first-order valence-corrected chi connectivity index (χ1v) is 11.2. The van der Waals surface area contributed by atoms with Crippen molar-refractivity contribution in [2.75, 3.05) is 0 Å². The van der Waals surface area contributed by atoms with Gasteiger partial charge in [-0.1, -0.05) is 42.0 Å². The van der Waals surface area contributed by atoms with Gasteiger partial charge in [0.1, 0.15) is 11.9 Å². The number of fused-ring (bicyclic) bond motifs is 1. The lowest BCUT2D eigenvalue weighted by Gasteiger charge is -2.12. The minimum absolute atomic E-state index is 0.0245. The van der Waals surface area contributed by atoms with Gasteiger partial charge in [-0.25, -0.2) is 9.78 Å². The molecule has 1 N–H and O–H groups in total. The summed E-state index contributed by atoms with van der Waals surface area (Å²) in [5.74, 6) is -0.894. The van der Waals surface area contributed by atoms with Gasteiger partial charge in [-0.15, -0.1) is 0 Å². The first-order valence-electron chi connectivity index (χ1n) is 10.8. The lowest BCUT2D eigenvalue weighted by atomic mass is 9.97. The topological polar surface area (TPSA) is 96.0 Å². The molecule has 0 unspecified atom stereocenters. The first kappa shape index (κ1) is 25.7. The Morgan fingerprint density at radius 2 is 1.95 bits per heavy atom. The molecule has 0 fully saturated rings. The highest BCUT2D eigenvalue weighted by molar-refractivity contribution is 6.31. The molecule has 0 saturated heterocycles. The molecule has 3 aromatic carbocycles. The van der Waals surface area contributed by atoms with Crippen LogP contribution < -0.4 is 5.56 Å². The second-order valence-corrected chi connectivity index (χ2v) is 8.56. The van der Waals surface area contributed by atoms with E-state index in [1.807, 2.05) is 0 Å². The SMILES string of the molecule is Cc1nc2cc(C(F)(F)F)cc(C#N)c2c(=O)n1C/C=C/c1ccc(Cl)cc1-c1cccc(C(=O)O)c1. The molecule has 10 heteroatoms. The summed E-state index contributed by atoms with van der Waals surface area (Å²) in [6, 6.07) is 14.5. The number of carboxylic acid groups (broad SMARTS) is 1. The van der Waals surface area contributed by atoms with E-state index in [0.29, 0.717) is 27.8 Å². The number of aromatic carboxylic acids is 1. The van der Waals surface area contributed by atoms with Crippen molar-refractivity contribution in [2.24, 2.45) is 0 Å². The summed E-state index contributed by atoms with van der Waals surface area (Å²) in [4.78, 5) is 28.7. The highest BCUT2D eigenvalue weighted by atomic mass is 35.5.